The lowest BCUT2D eigenvalue weighted by molar-refractivity contribution is 0.325. The molecule has 0 aliphatic heterocycles. The molecule has 1 saturated carbocycles. The molecule has 3 rings (SSSR count). The van der Waals surface area contributed by atoms with Crippen molar-refractivity contribution in [1.29, 1.82) is 0 Å². The van der Waals surface area contributed by atoms with E-state index >= 15 is 0 Å². The lowest BCUT2D eigenvalue weighted by Gasteiger charge is -2.37. The zero-order valence-corrected chi connectivity index (χ0v) is 12.8. The van der Waals surface area contributed by atoms with Crippen molar-refractivity contribution >= 4 is 17.3 Å². The summed E-state index contributed by atoms with van der Waals surface area (Å²) in [5.74, 6) is 1.31. The third kappa shape index (κ3) is 3.30. The molecule has 0 unspecified atom stereocenters. The van der Waals surface area contributed by atoms with E-state index in [9.17, 15) is 0 Å². The maximum absolute atomic E-state index is 5.93. The van der Waals surface area contributed by atoms with Gasteiger partial charge in [0.05, 0.1) is 12.3 Å². The van der Waals surface area contributed by atoms with Crippen LogP contribution in [0.1, 0.15) is 31.2 Å². The molecule has 3 nitrogen and oxygen atoms in total. The van der Waals surface area contributed by atoms with E-state index in [0.29, 0.717) is 24.4 Å². The molecule has 0 atom stereocenters. The molecule has 1 aromatic carbocycles. The maximum atomic E-state index is 5.93. The summed E-state index contributed by atoms with van der Waals surface area (Å²) in [7, 11) is 0. The monoisotopic (exact) mass is 302 g/mol. The van der Waals surface area contributed by atoms with Gasteiger partial charge in [-0.2, -0.15) is 0 Å². The van der Waals surface area contributed by atoms with E-state index in [2.05, 4.69) is 22.4 Å². The van der Waals surface area contributed by atoms with E-state index in [1.54, 1.807) is 6.20 Å². The van der Waals surface area contributed by atoms with E-state index in [4.69, 9.17) is 16.3 Å². The number of nitrogens with one attached hydrogen (secondary N) is 1. The van der Waals surface area contributed by atoms with Crippen LogP contribution < -0.4 is 10.1 Å². The van der Waals surface area contributed by atoms with Gasteiger partial charge in [0.1, 0.15) is 0 Å². The highest BCUT2D eigenvalue weighted by molar-refractivity contribution is 6.30. The van der Waals surface area contributed by atoms with Crippen molar-refractivity contribution in [3.63, 3.8) is 0 Å². The minimum absolute atomic E-state index is 0.481. The van der Waals surface area contributed by atoms with Crippen molar-refractivity contribution in [2.45, 2.75) is 31.7 Å². The highest BCUT2D eigenvalue weighted by atomic mass is 35.5. The summed E-state index contributed by atoms with van der Waals surface area (Å²) < 4.78 is 5.54. The lowest BCUT2D eigenvalue weighted by atomic mass is 9.76. The average molecular weight is 303 g/mol. The highest BCUT2D eigenvalue weighted by Crippen LogP contribution is 2.39. The summed E-state index contributed by atoms with van der Waals surface area (Å²) in [6.45, 7) is 2.60. The Kier molecular flexibility index (Phi) is 4.30. The van der Waals surface area contributed by atoms with Gasteiger partial charge in [0.15, 0.2) is 0 Å². The summed E-state index contributed by atoms with van der Waals surface area (Å²) in [4.78, 5) is 4.27. The number of hydrogen-bond donors (Lipinski definition) is 1. The molecule has 0 radical (unpaired) electrons. The fourth-order valence-corrected chi connectivity index (χ4v) is 2.84. The number of ether oxygens (including phenoxy) is 1. The Labute approximate surface area is 130 Å². The van der Waals surface area contributed by atoms with Crippen LogP contribution in [-0.2, 0) is 0 Å². The summed E-state index contributed by atoms with van der Waals surface area (Å²) in [6.07, 6.45) is 4.01. The highest BCUT2D eigenvalue weighted by Gasteiger charge is 2.30. The molecule has 1 aliphatic carbocycles. The van der Waals surface area contributed by atoms with Gasteiger partial charge in [0, 0.05) is 17.3 Å². The van der Waals surface area contributed by atoms with Crippen LogP contribution in [0, 0.1) is 0 Å². The summed E-state index contributed by atoms with van der Waals surface area (Å²) in [5, 5.41) is 4.33. The van der Waals surface area contributed by atoms with E-state index in [1.165, 1.54) is 5.56 Å². The number of hydrogen-bond acceptors (Lipinski definition) is 3. The van der Waals surface area contributed by atoms with Crippen molar-refractivity contribution in [3.05, 3.63) is 53.2 Å². The Morgan fingerprint density at radius 3 is 2.71 bits per heavy atom. The molecule has 1 aromatic heterocycles. The second kappa shape index (κ2) is 6.35. The van der Waals surface area contributed by atoms with E-state index in [1.807, 2.05) is 31.2 Å². The van der Waals surface area contributed by atoms with Gasteiger partial charge in [-0.1, -0.05) is 23.7 Å². The Morgan fingerprint density at radius 2 is 2.00 bits per heavy atom. The molecule has 1 fully saturated rings. The first-order valence-corrected chi connectivity index (χ1v) is 7.74. The van der Waals surface area contributed by atoms with Gasteiger partial charge >= 0.3 is 0 Å². The molecule has 110 valence electrons. The minimum Gasteiger partial charge on any atom is -0.476 e. The van der Waals surface area contributed by atoms with Crippen LogP contribution in [0.25, 0.3) is 0 Å². The van der Waals surface area contributed by atoms with Crippen molar-refractivity contribution in [1.82, 2.24) is 4.98 Å². The zero-order chi connectivity index (χ0) is 14.7. The molecule has 2 aromatic rings. The van der Waals surface area contributed by atoms with Gasteiger partial charge in [-0.25, -0.2) is 4.98 Å². The van der Waals surface area contributed by atoms with Gasteiger partial charge in [0.2, 0.25) is 5.88 Å². The van der Waals surface area contributed by atoms with Crippen molar-refractivity contribution in [2.24, 2.45) is 0 Å². The zero-order valence-electron chi connectivity index (χ0n) is 12.1. The number of aromatic nitrogens is 1. The fraction of sp³-hybridized carbons (Fsp3) is 0.353. The van der Waals surface area contributed by atoms with Crippen molar-refractivity contribution in [2.75, 3.05) is 11.9 Å². The molecular weight excluding hydrogens is 284 g/mol. The van der Waals surface area contributed by atoms with Crippen molar-refractivity contribution < 1.29 is 4.74 Å². The second-order valence-corrected chi connectivity index (χ2v) is 5.79. The van der Waals surface area contributed by atoms with Crippen LogP contribution in [0.3, 0.4) is 0 Å². The van der Waals surface area contributed by atoms with Crippen LogP contribution in [0.2, 0.25) is 5.02 Å². The van der Waals surface area contributed by atoms with E-state index < -0.39 is 0 Å². The largest absolute Gasteiger partial charge is 0.476 e. The first-order valence-electron chi connectivity index (χ1n) is 7.36. The van der Waals surface area contributed by atoms with Crippen LogP contribution >= 0.6 is 11.6 Å². The molecule has 0 saturated heterocycles. The second-order valence-electron chi connectivity index (χ2n) is 5.35. The quantitative estimate of drug-likeness (QED) is 0.883. The fourth-order valence-electron chi connectivity index (χ4n) is 2.72. The van der Waals surface area contributed by atoms with E-state index in [-0.39, 0.29) is 0 Å². The topological polar surface area (TPSA) is 34.1 Å². The molecule has 0 spiro atoms. The molecule has 1 heterocycles. The normalized spacial score (nSPS) is 20.7. The number of nitrogens with zero attached hydrogens (tertiary/aromatic N) is 1. The van der Waals surface area contributed by atoms with Crippen LogP contribution in [-0.4, -0.2) is 17.6 Å². The number of pyridine rings is 1. The van der Waals surface area contributed by atoms with Crippen molar-refractivity contribution in [3.8, 4) is 5.88 Å². The number of halogens is 1. The first-order chi connectivity index (χ1) is 10.3. The number of rotatable bonds is 5. The minimum atomic E-state index is 0.481. The molecule has 1 N–H and O–H groups in total. The molecule has 4 heteroatoms. The van der Waals surface area contributed by atoms with E-state index in [0.717, 1.165) is 23.6 Å². The average Bonchev–Trinajstić information content (AvgIpc) is 2.46. The Hall–Kier alpha value is -1.74. The maximum Gasteiger partial charge on any atom is 0.237 e. The third-order valence-electron chi connectivity index (χ3n) is 3.89. The Balaban J connectivity index is 1.58. The third-order valence-corrected chi connectivity index (χ3v) is 4.14. The van der Waals surface area contributed by atoms with Gasteiger partial charge in [-0.15, -0.1) is 0 Å². The number of anilines is 1. The standard InChI is InChI=1S/C17H19ClN2O/c1-2-21-17-16(4-3-9-19-17)20-15-10-13(11-15)12-5-7-14(18)8-6-12/h3-9,13,15,20H,2,10-11H2,1H3. The lowest BCUT2D eigenvalue weighted by Crippen LogP contribution is -2.34. The van der Waals surface area contributed by atoms with Gasteiger partial charge in [-0.05, 0) is 55.5 Å². The molecule has 0 bridgehead atoms. The smallest absolute Gasteiger partial charge is 0.237 e. The Bertz CT molecular complexity index is 594. The SMILES string of the molecule is CCOc1ncccc1NC1CC(c2ccc(Cl)cc2)C1. The van der Waals surface area contributed by atoms with Gasteiger partial charge < -0.3 is 10.1 Å². The molecule has 1 aliphatic rings. The van der Waals surface area contributed by atoms with Crippen LogP contribution in [0.5, 0.6) is 5.88 Å². The van der Waals surface area contributed by atoms with Crippen LogP contribution in [0.4, 0.5) is 5.69 Å². The predicted octanol–water partition coefficient (Wildman–Crippen LogP) is 4.49. The van der Waals surface area contributed by atoms with Crippen LogP contribution in [0.15, 0.2) is 42.6 Å². The van der Waals surface area contributed by atoms with Gasteiger partial charge in [-0.3, -0.25) is 0 Å². The first kappa shape index (κ1) is 14.2. The number of benzene rings is 1. The predicted molar refractivity (Wildman–Crippen MR) is 86.2 cm³/mol. The Morgan fingerprint density at radius 1 is 1.24 bits per heavy atom. The summed E-state index contributed by atoms with van der Waals surface area (Å²) in [6, 6.07) is 12.6. The molecular formula is C17H19ClN2O. The van der Waals surface area contributed by atoms with Gasteiger partial charge in [0.25, 0.3) is 0 Å². The summed E-state index contributed by atoms with van der Waals surface area (Å²) in [5.41, 5.74) is 2.35. The molecule has 0 amide bonds. The molecule has 21 heavy (non-hydrogen) atoms. The summed E-state index contributed by atoms with van der Waals surface area (Å²) >= 11 is 5.93.